The van der Waals surface area contributed by atoms with Gasteiger partial charge in [-0.1, -0.05) is 231 Å². The summed E-state index contributed by atoms with van der Waals surface area (Å²) in [6, 6.07) is 105. The van der Waals surface area contributed by atoms with Crippen molar-refractivity contribution in [1.29, 1.82) is 0 Å². The van der Waals surface area contributed by atoms with Crippen molar-refractivity contribution in [2.75, 3.05) is 13.2 Å². The number of carboxylic acid groups (broad SMARTS) is 3. The molecular formula is C102H83FN2O14S2. The Hall–Kier alpha value is -14.5. The summed E-state index contributed by atoms with van der Waals surface area (Å²) in [7, 11) is -7.52. The van der Waals surface area contributed by atoms with Gasteiger partial charge in [-0.2, -0.15) is 0 Å². The molecule has 2 aromatic heterocycles. The number of carbonyl (C=O) groups excluding carboxylic acids is 1. The van der Waals surface area contributed by atoms with Crippen LogP contribution in [0.25, 0.3) is 87.5 Å². The van der Waals surface area contributed by atoms with Gasteiger partial charge in [-0.15, -0.1) is 0 Å². The van der Waals surface area contributed by atoms with Crippen molar-refractivity contribution in [2.24, 2.45) is 0 Å². The number of nitrogens with zero attached hydrogens (tertiary/aromatic N) is 1. The molecule has 16 nitrogen and oxygen atoms in total. The van der Waals surface area contributed by atoms with Crippen LogP contribution in [-0.2, 0) is 44.1 Å². The van der Waals surface area contributed by atoms with E-state index in [2.05, 4.69) is 65.6 Å². The van der Waals surface area contributed by atoms with Gasteiger partial charge in [0, 0.05) is 46.0 Å². The molecule has 0 aliphatic rings. The number of para-hydroxylation sites is 2. The highest BCUT2D eigenvalue weighted by Gasteiger charge is 2.25. The van der Waals surface area contributed by atoms with Crippen LogP contribution in [0.1, 0.15) is 83.7 Å². The summed E-state index contributed by atoms with van der Waals surface area (Å²) in [5.74, 6) is -1.56. The number of carbonyl (C=O) groups is 4. The summed E-state index contributed by atoms with van der Waals surface area (Å²) in [5.41, 5.74) is 10.7. The second kappa shape index (κ2) is 37.8. The third kappa shape index (κ3) is 20.0. The quantitative estimate of drug-likeness (QED) is 0.0307. The lowest BCUT2D eigenvalue weighted by atomic mass is 9.93. The molecular weight excluding hydrogens is 1560 g/mol. The summed E-state index contributed by atoms with van der Waals surface area (Å²) < 4.78 is 84.7. The molecule has 0 radical (unpaired) electrons. The lowest BCUT2D eigenvalue weighted by Gasteiger charge is -2.13. The van der Waals surface area contributed by atoms with Gasteiger partial charge in [0.15, 0.2) is 25.5 Å². The van der Waals surface area contributed by atoms with E-state index < -0.39 is 49.1 Å². The number of aryl methyl sites for hydroxylation is 3. The van der Waals surface area contributed by atoms with E-state index >= 15 is 0 Å². The largest absolute Gasteiger partial charge is 0.493 e. The van der Waals surface area contributed by atoms with Crippen LogP contribution in [-0.4, -0.2) is 78.6 Å². The van der Waals surface area contributed by atoms with E-state index in [-0.39, 0.29) is 43.6 Å². The zero-order valence-electron chi connectivity index (χ0n) is 66.0. The van der Waals surface area contributed by atoms with Gasteiger partial charge in [-0.05, 0) is 219 Å². The summed E-state index contributed by atoms with van der Waals surface area (Å²) in [5, 5.41) is 37.3. The van der Waals surface area contributed by atoms with Gasteiger partial charge in [-0.25, -0.2) is 35.6 Å². The lowest BCUT2D eigenvalue weighted by molar-refractivity contribution is 0.0677. The van der Waals surface area contributed by atoms with E-state index in [1.807, 2.05) is 175 Å². The number of benzene rings is 15. The van der Waals surface area contributed by atoms with Gasteiger partial charge in [-0.3, -0.25) is 4.79 Å². The van der Waals surface area contributed by atoms with Crippen molar-refractivity contribution in [1.82, 2.24) is 9.55 Å². The van der Waals surface area contributed by atoms with E-state index in [4.69, 9.17) is 14.2 Å². The molecule has 121 heavy (non-hydrogen) atoms. The molecule has 0 amide bonds. The number of H-pyrrole nitrogens is 1. The highest BCUT2D eigenvalue weighted by Crippen LogP contribution is 2.37. The smallest absolute Gasteiger partial charge is 0.352 e. The van der Waals surface area contributed by atoms with Gasteiger partial charge >= 0.3 is 17.9 Å². The number of ketones is 1. The molecule has 0 atom stereocenters. The molecule has 0 aliphatic carbocycles. The van der Waals surface area contributed by atoms with Crippen LogP contribution in [0.3, 0.4) is 0 Å². The minimum absolute atomic E-state index is 0.0345. The van der Waals surface area contributed by atoms with Crippen molar-refractivity contribution in [3.63, 3.8) is 0 Å². The van der Waals surface area contributed by atoms with Crippen molar-refractivity contribution in [3.8, 4) is 56.4 Å². The molecule has 17 rings (SSSR count). The Morgan fingerprint density at radius 3 is 1.47 bits per heavy atom. The fourth-order valence-electron chi connectivity index (χ4n) is 14.8. The van der Waals surface area contributed by atoms with E-state index in [1.165, 1.54) is 65.5 Å². The number of aromatic amines is 1. The Kier molecular flexibility index (Phi) is 25.9. The third-order valence-corrected chi connectivity index (χ3v) is 24.1. The molecule has 2 heterocycles. The van der Waals surface area contributed by atoms with Crippen molar-refractivity contribution in [3.05, 3.63) is 396 Å². The summed E-state index contributed by atoms with van der Waals surface area (Å²) in [6.07, 6.45) is 2.34. The molecule has 4 N–H and O–H groups in total. The lowest BCUT2D eigenvalue weighted by Crippen LogP contribution is -2.11. The minimum Gasteiger partial charge on any atom is -0.493 e. The van der Waals surface area contributed by atoms with Gasteiger partial charge in [0.05, 0.1) is 51.3 Å². The number of aromatic carboxylic acids is 3. The van der Waals surface area contributed by atoms with E-state index in [1.54, 1.807) is 73.7 Å². The van der Waals surface area contributed by atoms with Crippen LogP contribution in [0.2, 0.25) is 0 Å². The zero-order chi connectivity index (χ0) is 84.6. The average molecular weight is 1640 g/mol. The number of Topliss-reactive ketones (excluding diaryl/α,β-unsaturated/α-hetero) is 1. The maximum absolute atomic E-state index is 13.3. The highest BCUT2D eigenvalue weighted by molar-refractivity contribution is 7.91. The first-order valence-corrected chi connectivity index (χ1v) is 42.5. The Bertz CT molecular complexity index is 6870. The molecule has 0 saturated carbocycles. The fourth-order valence-corrected chi connectivity index (χ4v) is 17.6. The van der Waals surface area contributed by atoms with Crippen molar-refractivity contribution < 1.29 is 69.9 Å². The van der Waals surface area contributed by atoms with Crippen LogP contribution in [0.15, 0.2) is 356 Å². The highest BCUT2D eigenvalue weighted by atomic mass is 32.2. The predicted octanol–water partition coefficient (Wildman–Crippen LogP) is 23.6. The molecule has 0 bridgehead atoms. The number of hydrogen-bond donors (Lipinski definition) is 4. The first-order chi connectivity index (χ1) is 58.6. The number of aromatic nitrogens is 2. The molecule has 0 aliphatic heterocycles. The van der Waals surface area contributed by atoms with Crippen molar-refractivity contribution in [2.45, 2.75) is 61.0 Å². The number of carboxylic acids is 3. The van der Waals surface area contributed by atoms with Crippen LogP contribution in [0.5, 0.6) is 23.0 Å². The first kappa shape index (κ1) is 83.0. The van der Waals surface area contributed by atoms with E-state index in [9.17, 15) is 55.7 Å². The Balaban J connectivity index is 0.000000133. The maximum Gasteiger partial charge on any atom is 0.352 e. The number of ether oxygens (including phenoxy) is 3. The first-order valence-electron chi connectivity index (χ1n) is 39.2. The topological polar surface area (TPSA) is 246 Å². The molecule has 15 aromatic carbocycles. The van der Waals surface area contributed by atoms with Crippen LogP contribution >= 0.6 is 0 Å². The molecule has 0 fully saturated rings. The second-order valence-corrected chi connectivity index (χ2v) is 32.8. The molecule has 0 saturated heterocycles. The van der Waals surface area contributed by atoms with E-state index in [0.29, 0.717) is 53.8 Å². The van der Waals surface area contributed by atoms with Gasteiger partial charge in [0.1, 0.15) is 34.5 Å². The van der Waals surface area contributed by atoms with E-state index in [0.717, 1.165) is 107 Å². The fraction of sp³-hybridized carbons (Fsp3) is 0.0980. The predicted molar refractivity (Wildman–Crippen MR) is 476 cm³/mol. The Morgan fingerprint density at radius 1 is 0.405 bits per heavy atom. The van der Waals surface area contributed by atoms with Gasteiger partial charge in [0.25, 0.3) is 0 Å². The molecule has 0 spiro atoms. The Morgan fingerprint density at radius 2 is 0.876 bits per heavy atom. The zero-order valence-corrected chi connectivity index (χ0v) is 67.7. The van der Waals surface area contributed by atoms with Crippen LogP contribution in [0.4, 0.5) is 4.39 Å². The normalized spacial score (nSPS) is 11.2. The maximum atomic E-state index is 13.3. The number of nitrogens with one attached hydrogen (secondary N) is 1. The molecule has 0 unspecified atom stereocenters. The number of fused-ring (bicyclic) bond motifs is 5. The summed E-state index contributed by atoms with van der Waals surface area (Å²) in [4.78, 5) is 50.9. The average Bonchev–Trinajstić information content (AvgIpc) is 1.76. The summed E-state index contributed by atoms with van der Waals surface area (Å²) >= 11 is 0. The Labute approximate surface area is 699 Å². The minimum atomic E-state index is -3.83. The van der Waals surface area contributed by atoms with Crippen LogP contribution < -0.4 is 14.2 Å². The molecule has 17 aromatic rings. The van der Waals surface area contributed by atoms with Crippen molar-refractivity contribution >= 4 is 97.5 Å². The number of rotatable bonds is 25. The second-order valence-electron chi connectivity index (χ2n) is 28.9. The monoisotopic (exact) mass is 1640 g/mol. The number of halogens is 1. The SMILES string of the molecule is CC(=O)c1[nH]c2cc(-c3ccccc3)ccc2c1CCCOc1cccc2ccccc12.Cc1ccc(-c2ccc(C(=O)O)c(CS(=O)(=O)c3ccc(Oc4ccccc4)cc3)c2)c2ccccc12.O=C(O)c1cc2ccccc2n1CCCOc1cccc2ccccc12.O=C(O)c1ccc(-c2ccc(F)cc2)cc1CS(=O)(=O)c1ccccc1. The van der Waals surface area contributed by atoms with Crippen LogP contribution in [0, 0.1) is 12.7 Å². The molecule has 19 heteroatoms. The standard InChI is InChI=1S/C31H24O5S.C29H25NO2.C22H19NO3.C20H15FO4S/c1-21-11-17-28(30-10-6-5-9-27(21)30)22-12-18-29(31(32)33)23(19-22)20-37(34,35)26-15-13-25(14-16-26)36-24-7-3-2-4-8-24;1-20(31)29-26(14-8-18-32-28-15-7-12-22-11-5-6-13-24(22)28)25-17-16-23(19-27(25)30-29)21-9-3-2-4-10-21;24-22(25)20-15-17-8-2-4-11-19(17)23(20)13-6-14-26-21-12-5-9-16-7-1-3-10-18(16)21;21-17-9-6-14(7-10-17)15-8-11-19(20(22)23)16(12-15)13-26(24,25)18-4-2-1-3-5-18/h2-19H,20H2,1H3,(H,32,33);2-7,9-13,15-17,19,30H,8,14,18H2,1H3;1-5,7-12,15H,6,13-14H2,(H,24,25);1-12H,13H2,(H,22,23). The van der Waals surface area contributed by atoms with Gasteiger partial charge in [0.2, 0.25) is 0 Å². The van der Waals surface area contributed by atoms with Gasteiger partial charge < -0.3 is 39.1 Å². The molecule has 604 valence electrons. The number of sulfone groups is 2. The summed E-state index contributed by atoms with van der Waals surface area (Å²) in [6.45, 7) is 5.38. The number of hydrogen-bond acceptors (Lipinski definition) is 11. The third-order valence-electron chi connectivity index (χ3n) is 20.8.